The smallest absolute Gasteiger partial charge is 0.413 e. The minimum absolute atomic E-state index is 0.0503. The number of fused-ring (bicyclic) bond motifs is 3. The molecule has 7 heteroatoms. The van der Waals surface area contributed by atoms with Crippen LogP contribution in [0.2, 0.25) is 0 Å². The van der Waals surface area contributed by atoms with Crippen molar-refractivity contribution >= 4 is 23.1 Å². The van der Waals surface area contributed by atoms with Crippen LogP contribution >= 0.6 is 0 Å². The number of aromatic amines is 1. The van der Waals surface area contributed by atoms with Gasteiger partial charge in [-0.1, -0.05) is 20.8 Å². The zero-order valence-corrected chi connectivity index (χ0v) is 20.7. The van der Waals surface area contributed by atoms with Gasteiger partial charge in [-0.2, -0.15) is 0 Å². The first-order valence-corrected chi connectivity index (χ1v) is 13.0. The molecule has 0 radical (unpaired) electrons. The molecule has 184 valence electrons. The Kier molecular flexibility index (Phi) is 5.14. The summed E-state index contributed by atoms with van der Waals surface area (Å²) in [4.78, 5) is 19.1. The Morgan fingerprint density at radius 2 is 2.09 bits per heavy atom. The molecule has 2 saturated heterocycles. The number of carbonyl (C=O) groups excluding carboxylic acids is 1. The Morgan fingerprint density at radius 1 is 1.24 bits per heavy atom. The van der Waals surface area contributed by atoms with Gasteiger partial charge in [0.1, 0.15) is 11.9 Å². The molecular weight excluding hydrogens is 430 g/mol. The zero-order valence-electron chi connectivity index (χ0n) is 20.7. The van der Waals surface area contributed by atoms with Crippen LogP contribution < -0.4 is 10.1 Å². The van der Waals surface area contributed by atoms with Crippen LogP contribution in [0.15, 0.2) is 18.2 Å². The number of carbonyl (C=O) groups is 1. The van der Waals surface area contributed by atoms with E-state index in [4.69, 9.17) is 9.47 Å². The predicted molar refractivity (Wildman–Crippen MR) is 130 cm³/mol. The van der Waals surface area contributed by atoms with Gasteiger partial charge in [0.15, 0.2) is 0 Å². The lowest BCUT2D eigenvalue weighted by Crippen LogP contribution is -2.66. The summed E-state index contributed by atoms with van der Waals surface area (Å²) in [6.45, 7) is 8.23. The number of nitrogens with zero attached hydrogens (tertiary/aromatic N) is 1. The average molecular weight is 468 g/mol. The van der Waals surface area contributed by atoms with Crippen LogP contribution in [0.4, 0.5) is 10.7 Å². The molecule has 1 amide bonds. The molecule has 7 rings (SSSR count). The normalized spacial score (nSPS) is 40.9. The highest BCUT2D eigenvalue weighted by molar-refractivity contribution is 5.86. The van der Waals surface area contributed by atoms with E-state index in [9.17, 15) is 4.79 Å². The summed E-state index contributed by atoms with van der Waals surface area (Å²) in [5.74, 6) is 4.23. The lowest BCUT2D eigenvalue weighted by Gasteiger charge is -2.63. The number of aromatic nitrogens is 2. The number of rotatable bonds is 3. The molecule has 1 aromatic heterocycles. The van der Waals surface area contributed by atoms with Gasteiger partial charge in [0.05, 0.1) is 30.4 Å². The van der Waals surface area contributed by atoms with Crippen LogP contribution in [0, 0.1) is 35.0 Å². The largest absolute Gasteiger partial charge is 0.490 e. The van der Waals surface area contributed by atoms with Crippen molar-refractivity contribution in [1.29, 1.82) is 0 Å². The maximum Gasteiger partial charge on any atom is 0.413 e. The SMILES string of the molecule is COC(=O)Nc1nc2ccc(OC3C[C@@H]4CC5(C)CC[C@H]6[C@H](C)CCC([C@H]3C)[C@@]46OC5)cc2[nH]1. The summed E-state index contributed by atoms with van der Waals surface area (Å²) in [5.41, 5.74) is 1.97. The zero-order chi connectivity index (χ0) is 23.7. The lowest BCUT2D eigenvalue weighted by atomic mass is 9.50. The highest BCUT2D eigenvalue weighted by Crippen LogP contribution is 2.64. The molecular formula is C27H37N3O4. The Balaban J connectivity index is 1.27. The average Bonchev–Trinajstić information content (AvgIpc) is 3.07. The third-order valence-electron chi connectivity index (χ3n) is 9.77. The van der Waals surface area contributed by atoms with E-state index in [1.165, 1.54) is 39.2 Å². The maximum atomic E-state index is 11.5. The van der Waals surface area contributed by atoms with Gasteiger partial charge in [0.25, 0.3) is 0 Å². The third kappa shape index (κ3) is 3.34. The van der Waals surface area contributed by atoms with Gasteiger partial charge in [-0.25, -0.2) is 9.78 Å². The van der Waals surface area contributed by atoms with E-state index < -0.39 is 6.09 Å². The molecule has 2 aliphatic heterocycles. The third-order valence-corrected chi connectivity index (χ3v) is 9.77. The van der Waals surface area contributed by atoms with E-state index in [2.05, 4.69) is 40.8 Å². The van der Waals surface area contributed by atoms with Crippen LogP contribution in [0.5, 0.6) is 5.75 Å². The van der Waals surface area contributed by atoms with Crippen molar-refractivity contribution in [3.05, 3.63) is 18.2 Å². The minimum Gasteiger partial charge on any atom is -0.490 e. The molecule has 8 atom stereocenters. The van der Waals surface area contributed by atoms with Gasteiger partial charge < -0.3 is 19.2 Å². The highest BCUT2D eigenvalue weighted by Gasteiger charge is 2.65. The molecule has 3 aliphatic carbocycles. The van der Waals surface area contributed by atoms with Gasteiger partial charge in [0, 0.05) is 6.07 Å². The molecule has 1 spiro atoms. The summed E-state index contributed by atoms with van der Waals surface area (Å²) in [6.07, 6.45) is 7.12. The number of hydrogen-bond donors (Lipinski definition) is 2. The summed E-state index contributed by atoms with van der Waals surface area (Å²) >= 11 is 0. The summed E-state index contributed by atoms with van der Waals surface area (Å²) < 4.78 is 18.4. The molecule has 3 saturated carbocycles. The quantitative estimate of drug-likeness (QED) is 0.599. The number of anilines is 1. The van der Waals surface area contributed by atoms with Crippen molar-refractivity contribution in [3.63, 3.8) is 0 Å². The fourth-order valence-corrected chi connectivity index (χ4v) is 8.12. The summed E-state index contributed by atoms with van der Waals surface area (Å²) in [5, 5.41) is 2.59. The molecule has 3 unspecified atom stereocenters. The molecule has 5 fully saturated rings. The number of hydrogen-bond acceptors (Lipinski definition) is 5. The monoisotopic (exact) mass is 467 g/mol. The van der Waals surface area contributed by atoms with Gasteiger partial charge in [0.2, 0.25) is 5.95 Å². The van der Waals surface area contributed by atoms with Crippen molar-refractivity contribution in [1.82, 2.24) is 9.97 Å². The number of methoxy groups -OCH3 is 1. The second-order valence-corrected chi connectivity index (χ2v) is 11.8. The Hall–Kier alpha value is -2.28. The fourth-order valence-electron chi connectivity index (χ4n) is 8.12. The predicted octanol–water partition coefficient (Wildman–Crippen LogP) is 5.77. The van der Waals surface area contributed by atoms with Crippen molar-refractivity contribution < 1.29 is 19.0 Å². The molecule has 1 aromatic carbocycles. The van der Waals surface area contributed by atoms with Crippen molar-refractivity contribution in [3.8, 4) is 5.75 Å². The Labute approximate surface area is 201 Å². The summed E-state index contributed by atoms with van der Waals surface area (Å²) in [7, 11) is 1.33. The fraction of sp³-hybridized carbons (Fsp3) is 0.704. The Bertz CT molecular complexity index is 1100. The van der Waals surface area contributed by atoms with Crippen LogP contribution in [0.1, 0.15) is 59.3 Å². The lowest BCUT2D eigenvalue weighted by molar-refractivity contribution is -0.262. The van der Waals surface area contributed by atoms with Crippen molar-refractivity contribution in [2.24, 2.45) is 35.0 Å². The van der Waals surface area contributed by atoms with Crippen LogP contribution in [0.3, 0.4) is 0 Å². The van der Waals surface area contributed by atoms with Gasteiger partial charge in [-0.3, -0.25) is 5.32 Å². The molecule has 34 heavy (non-hydrogen) atoms. The Morgan fingerprint density at radius 3 is 2.91 bits per heavy atom. The van der Waals surface area contributed by atoms with Gasteiger partial charge in [-0.15, -0.1) is 0 Å². The second-order valence-electron chi connectivity index (χ2n) is 11.8. The van der Waals surface area contributed by atoms with Gasteiger partial charge in [-0.05, 0) is 85.7 Å². The number of benzene rings is 1. The topological polar surface area (TPSA) is 85.5 Å². The minimum atomic E-state index is -0.547. The van der Waals surface area contributed by atoms with E-state index in [-0.39, 0.29) is 11.7 Å². The number of ether oxygens (including phenoxy) is 3. The maximum absolute atomic E-state index is 11.5. The number of amides is 1. The van der Waals surface area contributed by atoms with Crippen LogP contribution in [-0.2, 0) is 9.47 Å². The van der Waals surface area contributed by atoms with Crippen molar-refractivity contribution in [2.45, 2.75) is 71.0 Å². The molecule has 2 N–H and O–H groups in total. The highest BCUT2D eigenvalue weighted by atomic mass is 16.5. The van der Waals surface area contributed by atoms with E-state index >= 15 is 0 Å². The molecule has 5 aliphatic rings. The molecule has 2 aromatic rings. The van der Waals surface area contributed by atoms with E-state index in [1.54, 1.807) is 0 Å². The summed E-state index contributed by atoms with van der Waals surface area (Å²) in [6, 6.07) is 5.92. The molecule has 2 bridgehead atoms. The first-order chi connectivity index (χ1) is 16.3. The first kappa shape index (κ1) is 22.2. The standard InChI is InChI=1S/C27H37N3O4/c1-15-5-7-20-16(2)23(11-17-13-26(3)10-9-19(15)27(17,20)33-14-26)34-18-6-8-21-22(12-18)29-24(28-21)30-25(31)32-4/h6,8,12,15-17,19-20,23H,5,7,9-11,13-14H2,1-4H3,(H2,28,29,30,31)/t15-,16-,17-,19+,20?,23?,26?,27-/m1/s1. The molecule has 7 nitrogen and oxygen atoms in total. The van der Waals surface area contributed by atoms with Crippen LogP contribution in [-0.4, -0.2) is 41.5 Å². The van der Waals surface area contributed by atoms with Gasteiger partial charge >= 0.3 is 6.09 Å². The van der Waals surface area contributed by atoms with E-state index in [0.29, 0.717) is 35.0 Å². The second kappa shape index (κ2) is 7.87. The van der Waals surface area contributed by atoms with Crippen molar-refractivity contribution in [2.75, 3.05) is 19.0 Å². The number of H-pyrrole nitrogens is 1. The number of nitrogens with one attached hydrogen (secondary N) is 2. The van der Waals surface area contributed by atoms with E-state index in [0.717, 1.165) is 35.7 Å². The van der Waals surface area contributed by atoms with E-state index in [1.807, 2.05) is 18.2 Å². The van der Waals surface area contributed by atoms with Crippen LogP contribution in [0.25, 0.3) is 11.0 Å². The number of imidazole rings is 1. The first-order valence-electron chi connectivity index (χ1n) is 13.0. The molecule has 3 heterocycles.